The Kier molecular flexibility index (Phi) is 9.78. The van der Waals surface area contributed by atoms with Crippen LogP contribution in [-0.2, 0) is 25.6 Å². The molecule has 0 saturated carbocycles. The van der Waals surface area contributed by atoms with Crippen molar-refractivity contribution in [3.05, 3.63) is 59.7 Å². The van der Waals surface area contributed by atoms with Crippen LogP contribution in [0.15, 0.2) is 53.4 Å². The summed E-state index contributed by atoms with van der Waals surface area (Å²) in [6.45, 7) is 4.76. The van der Waals surface area contributed by atoms with E-state index in [-0.39, 0.29) is 17.4 Å². The van der Waals surface area contributed by atoms with E-state index in [0.29, 0.717) is 19.6 Å². The summed E-state index contributed by atoms with van der Waals surface area (Å²) in [6, 6.07) is 14.2. The van der Waals surface area contributed by atoms with Gasteiger partial charge in [-0.2, -0.15) is 8.42 Å². The first-order valence-electron chi connectivity index (χ1n) is 10.2. The third-order valence-corrected chi connectivity index (χ3v) is 6.21. The van der Waals surface area contributed by atoms with Gasteiger partial charge in [-0.3, -0.25) is 4.18 Å². The molecule has 0 heterocycles. The van der Waals surface area contributed by atoms with Crippen LogP contribution in [0.5, 0.6) is 5.75 Å². The highest BCUT2D eigenvalue weighted by Crippen LogP contribution is 2.17. The van der Waals surface area contributed by atoms with Crippen molar-refractivity contribution in [1.29, 1.82) is 0 Å². The first kappa shape index (κ1) is 24.3. The van der Waals surface area contributed by atoms with Crippen LogP contribution in [-0.4, -0.2) is 40.0 Å². The molecule has 0 saturated heterocycles. The smallest absolute Gasteiger partial charge is 0.296 e. The number of benzene rings is 2. The molecule has 0 bridgehead atoms. The Morgan fingerprint density at radius 1 is 1.00 bits per heavy atom. The number of aliphatic hydroxyl groups excluding tert-OH is 1. The number of ether oxygens (including phenoxy) is 2. The second-order valence-electron chi connectivity index (χ2n) is 7.49. The van der Waals surface area contributed by atoms with Crippen molar-refractivity contribution in [2.75, 3.05) is 20.3 Å². The molecular weight excluding hydrogens is 404 g/mol. The SMILES string of the molecule is COc1ccc(COCCCC[C@H](O)[C@@H](C)COS(=O)(=O)c2ccc(C)cc2)cc1. The summed E-state index contributed by atoms with van der Waals surface area (Å²) in [6.07, 6.45) is 1.56. The van der Waals surface area contributed by atoms with E-state index in [2.05, 4.69) is 0 Å². The minimum absolute atomic E-state index is 0.0503. The van der Waals surface area contributed by atoms with Crippen LogP contribution in [0.4, 0.5) is 0 Å². The van der Waals surface area contributed by atoms with Gasteiger partial charge in [-0.15, -0.1) is 0 Å². The van der Waals surface area contributed by atoms with Gasteiger partial charge in [-0.1, -0.05) is 36.8 Å². The first-order valence-corrected chi connectivity index (χ1v) is 11.6. The largest absolute Gasteiger partial charge is 0.497 e. The molecule has 0 radical (unpaired) electrons. The van der Waals surface area contributed by atoms with Gasteiger partial charge >= 0.3 is 0 Å². The molecule has 2 aromatic rings. The number of hydrogen-bond donors (Lipinski definition) is 1. The predicted octanol–water partition coefficient (Wildman–Crippen LogP) is 4.09. The van der Waals surface area contributed by atoms with Crippen molar-refractivity contribution < 1.29 is 27.2 Å². The molecule has 0 fully saturated rings. The summed E-state index contributed by atoms with van der Waals surface area (Å²) >= 11 is 0. The van der Waals surface area contributed by atoms with Gasteiger partial charge in [0.25, 0.3) is 10.1 Å². The van der Waals surface area contributed by atoms with Gasteiger partial charge in [-0.05, 0) is 56.0 Å². The Morgan fingerprint density at radius 2 is 1.67 bits per heavy atom. The lowest BCUT2D eigenvalue weighted by Gasteiger charge is -2.18. The van der Waals surface area contributed by atoms with E-state index in [1.165, 1.54) is 12.1 Å². The molecule has 0 unspecified atom stereocenters. The maximum atomic E-state index is 12.2. The maximum Gasteiger partial charge on any atom is 0.296 e. The monoisotopic (exact) mass is 436 g/mol. The zero-order chi connectivity index (χ0) is 22.0. The molecule has 6 nitrogen and oxygen atoms in total. The average Bonchev–Trinajstić information content (AvgIpc) is 2.75. The van der Waals surface area contributed by atoms with E-state index in [1.807, 2.05) is 31.2 Å². The molecule has 0 aliphatic carbocycles. The summed E-state index contributed by atoms with van der Waals surface area (Å²) < 4.78 is 40.4. The van der Waals surface area contributed by atoms with Gasteiger partial charge in [0, 0.05) is 12.5 Å². The topological polar surface area (TPSA) is 82.1 Å². The number of aryl methyl sites for hydroxylation is 1. The Morgan fingerprint density at radius 3 is 2.30 bits per heavy atom. The van der Waals surface area contributed by atoms with E-state index in [1.54, 1.807) is 26.2 Å². The van der Waals surface area contributed by atoms with Crippen LogP contribution in [0.25, 0.3) is 0 Å². The van der Waals surface area contributed by atoms with Crippen molar-refractivity contribution in [2.45, 2.75) is 50.7 Å². The minimum Gasteiger partial charge on any atom is -0.497 e. The fourth-order valence-corrected chi connectivity index (χ4v) is 3.83. The standard InChI is InChI=1S/C23H32O6S/c1-18-7-13-22(14-8-18)30(25,26)29-16-19(2)23(24)6-4-5-15-28-17-20-9-11-21(27-3)12-10-20/h7-14,19,23-24H,4-6,15-17H2,1-3H3/t19-,23-/m0/s1. The van der Waals surface area contributed by atoms with Gasteiger partial charge in [0.1, 0.15) is 5.75 Å². The summed E-state index contributed by atoms with van der Waals surface area (Å²) in [7, 11) is -2.17. The zero-order valence-corrected chi connectivity index (χ0v) is 18.7. The van der Waals surface area contributed by atoms with Gasteiger partial charge in [0.2, 0.25) is 0 Å². The quantitative estimate of drug-likeness (QED) is 0.376. The van der Waals surface area contributed by atoms with Gasteiger partial charge in [-0.25, -0.2) is 0 Å². The average molecular weight is 437 g/mol. The molecule has 0 aromatic heterocycles. The molecule has 0 amide bonds. The van der Waals surface area contributed by atoms with E-state index < -0.39 is 16.2 Å². The molecule has 0 aliphatic rings. The van der Waals surface area contributed by atoms with Crippen LogP contribution in [0.1, 0.15) is 37.3 Å². The van der Waals surface area contributed by atoms with Crippen molar-refractivity contribution in [1.82, 2.24) is 0 Å². The molecule has 166 valence electrons. The number of methoxy groups -OCH3 is 1. The van der Waals surface area contributed by atoms with Gasteiger partial charge < -0.3 is 14.6 Å². The van der Waals surface area contributed by atoms with Crippen LogP contribution in [0, 0.1) is 12.8 Å². The van der Waals surface area contributed by atoms with Crippen molar-refractivity contribution in [3.8, 4) is 5.75 Å². The lowest BCUT2D eigenvalue weighted by Crippen LogP contribution is -2.24. The molecule has 0 aliphatic heterocycles. The lowest BCUT2D eigenvalue weighted by atomic mass is 10.0. The number of unbranched alkanes of at least 4 members (excludes halogenated alkanes) is 1. The highest BCUT2D eigenvalue weighted by atomic mass is 32.2. The van der Waals surface area contributed by atoms with Crippen LogP contribution >= 0.6 is 0 Å². The molecule has 30 heavy (non-hydrogen) atoms. The zero-order valence-electron chi connectivity index (χ0n) is 17.9. The maximum absolute atomic E-state index is 12.2. The highest BCUT2D eigenvalue weighted by molar-refractivity contribution is 7.86. The number of hydrogen-bond acceptors (Lipinski definition) is 6. The first-order chi connectivity index (χ1) is 14.3. The van der Waals surface area contributed by atoms with E-state index in [9.17, 15) is 13.5 Å². The van der Waals surface area contributed by atoms with Crippen molar-refractivity contribution in [3.63, 3.8) is 0 Å². The number of rotatable bonds is 13. The third kappa shape index (κ3) is 8.07. The van der Waals surface area contributed by atoms with Gasteiger partial charge in [0.15, 0.2) is 0 Å². The summed E-state index contributed by atoms with van der Waals surface area (Å²) in [5.74, 6) is 0.531. The van der Waals surface area contributed by atoms with Crippen LogP contribution < -0.4 is 4.74 Å². The molecule has 7 heteroatoms. The second-order valence-corrected chi connectivity index (χ2v) is 9.11. The molecular formula is C23H32O6S. The predicted molar refractivity (Wildman–Crippen MR) is 116 cm³/mol. The third-order valence-electron chi connectivity index (χ3n) is 4.92. The molecule has 2 atom stereocenters. The van der Waals surface area contributed by atoms with E-state index >= 15 is 0 Å². The Hall–Kier alpha value is -1.93. The Bertz CT molecular complexity index is 846. The molecule has 2 rings (SSSR count). The van der Waals surface area contributed by atoms with Gasteiger partial charge in [0.05, 0.1) is 31.3 Å². The Balaban J connectivity index is 1.62. The summed E-state index contributed by atoms with van der Waals surface area (Å²) in [5, 5.41) is 10.3. The molecule has 2 aromatic carbocycles. The van der Waals surface area contributed by atoms with Crippen molar-refractivity contribution >= 4 is 10.1 Å². The fourth-order valence-electron chi connectivity index (χ4n) is 2.83. The van der Waals surface area contributed by atoms with E-state index in [4.69, 9.17) is 13.7 Å². The fraction of sp³-hybridized carbons (Fsp3) is 0.478. The lowest BCUT2D eigenvalue weighted by molar-refractivity contribution is 0.0708. The van der Waals surface area contributed by atoms with Crippen LogP contribution in [0.3, 0.4) is 0 Å². The summed E-state index contributed by atoms with van der Waals surface area (Å²) in [4.78, 5) is 0.129. The molecule has 1 N–H and O–H groups in total. The Labute approximate surface area is 179 Å². The second kappa shape index (κ2) is 12.1. The number of aliphatic hydroxyl groups is 1. The van der Waals surface area contributed by atoms with E-state index in [0.717, 1.165) is 29.7 Å². The molecule has 0 spiro atoms. The van der Waals surface area contributed by atoms with Crippen molar-refractivity contribution in [2.24, 2.45) is 5.92 Å². The minimum atomic E-state index is -3.81. The normalized spacial score (nSPS) is 13.7. The highest BCUT2D eigenvalue weighted by Gasteiger charge is 2.20. The van der Waals surface area contributed by atoms with Crippen LogP contribution in [0.2, 0.25) is 0 Å². The summed E-state index contributed by atoms with van der Waals surface area (Å²) in [5.41, 5.74) is 2.06.